The fourth-order valence-corrected chi connectivity index (χ4v) is 0.970. The Balaban J connectivity index is 2.88. The summed E-state index contributed by atoms with van der Waals surface area (Å²) < 4.78 is 4.67. The number of hydrogen-bond donors (Lipinski definition) is 1. The zero-order chi connectivity index (χ0) is 8.97. The van der Waals surface area contributed by atoms with Gasteiger partial charge >= 0.3 is 0 Å². The summed E-state index contributed by atoms with van der Waals surface area (Å²) in [6.07, 6.45) is -0.744. The summed E-state index contributed by atoms with van der Waals surface area (Å²) in [5, 5.41) is 0. The molecule has 0 saturated carbocycles. The number of primary amides is 1. The molecular weight excluding hydrogens is 154 g/mol. The van der Waals surface area contributed by atoms with Gasteiger partial charge in [0.05, 0.1) is 7.11 Å². The van der Waals surface area contributed by atoms with Crippen molar-refractivity contribution in [1.82, 2.24) is 0 Å². The molecule has 0 aliphatic carbocycles. The number of carbonyl (C=O) groups excluding carboxylic acids is 1. The van der Waals surface area contributed by atoms with Crippen LogP contribution in [0.3, 0.4) is 0 Å². The molecule has 0 bridgehead atoms. The van der Waals surface area contributed by atoms with E-state index in [-0.39, 0.29) is 0 Å². The van der Waals surface area contributed by atoms with Crippen molar-refractivity contribution in [3.63, 3.8) is 0 Å². The molecule has 2 N–H and O–H groups in total. The molecule has 3 nitrogen and oxygen atoms in total. The average Bonchev–Trinajstić information content (AvgIpc) is 2.07. The lowest BCUT2D eigenvalue weighted by Crippen LogP contribution is -2.22. The van der Waals surface area contributed by atoms with Gasteiger partial charge in [-0.3, -0.25) is 4.79 Å². The second-order valence-corrected chi connectivity index (χ2v) is 2.36. The lowest BCUT2D eigenvalue weighted by atomic mass is 10.1. The van der Waals surface area contributed by atoms with Crippen LogP contribution in [0.5, 0.6) is 0 Å². The van der Waals surface area contributed by atoms with Crippen LogP contribution in [0.25, 0.3) is 0 Å². The van der Waals surface area contributed by atoms with E-state index < -0.39 is 12.0 Å². The average molecular weight is 164 g/mol. The Morgan fingerprint density at radius 1 is 1.42 bits per heavy atom. The number of amides is 1. The second kappa shape index (κ2) is 3.88. The quantitative estimate of drug-likeness (QED) is 0.725. The van der Waals surface area contributed by atoms with Crippen molar-refractivity contribution >= 4 is 5.91 Å². The maximum absolute atomic E-state index is 10.8. The van der Waals surface area contributed by atoms with Crippen molar-refractivity contribution in [3.8, 4) is 0 Å². The first-order chi connectivity index (χ1) is 5.75. The van der Waals surface area contributed by atoms with E-state index in [4.69, 9.17) is 5.73 Å². The number of benzene rings is 1. The Bertz CT molecular complexity index is 258. The zero-order valence-corrected chi connectivity index (χ0v) is 6.57. The van der Waals surface area contributed by atoms with Gasteiger partial charge in [0.2, 0.25) is 0 Å². The predicted molar refractivity (Wildman–Crippen MR) is 44.8 cm³/mol. The molecule has 1 unspecified atom stereocenters. The standard InChI is InChI=1S/C9H10NO2/c1-12-8(9(10)11)7-5-3-2-4-6-7/h2-6,8H,1H2,(H2,10,11). The third-order valence-corrected chi connectivity index (χ3v) is 1.53. The maximum Gasteiger partial charge on any atom is 0.251 e. The van der Waals surface area contributed by atoms with Gasteiger partial charge < -0.3 is 10.5 Å². The Hall–Kier alpha value is -1.35. The van der Waals surface area contributed by atoms with E-state index in [1.165, 1.54) is 0 Å². The summed E-state index contributed by atoms with van der Waals surface area (Å²) in [6.45, 7) is 0. The summed E-state index contributed by atoms with van der Waals surface area (Å²) in [4.78, 5) is 10.8. The molecule has 0 aliphatic heterocycles. The molecule has 1 amide bonds. The molecule has 0 aromatic heterocycles. The summed E-state index contributed by atoms with van der Waals surface area (Å²) in [7, 11) is 3.18. The fourth-order valence-electron chi connectivity index (χ4n) is 0.970. The van der Waals surface area contributed by atoms with E-state index >= 15 is 0 Å². The van der Waals surface area contributed by atoms with Gasteiger partial charge in [-0.2, -0.15) is 0 Å². The number of hydrogen-bond acceptors (Lipinski definition) is 2. The smallest absolute Gasteiger partial charge is 0.251 e. The van der Waals surface area contributed by atoms with Gasteiger partial charge in [-0.25, -0.2) is 0 Å². The van der Waals surface area contributed by atoms with Gasteiger partial charge in [-0.15, -0.1) is 0 Å². The highest BCUT2D eigenvalue weighted by molar-refractivity contribution is 5.80. The fraction of sp³-hybridized carbons (Fsp3) is 0.111. The lowest BCUT2D eigenvalue weighted by Gasteiger charge is -2.10. The SMILES string of the molecule is [CH2]OC(C(N)=O)c1ccccc1. The number of ether oxygens (including phenoxy) is 1. The van der Waals surface area contributed by atoms with Crippen LogP contribution in [0.2, 0.25) is 0 Å². The molecule has 1 radical (unpaired) electrons. The van der Waals surface area contributed by atoms with Crippen molar-refractivity contribution in [2.45, 2.75) is 6.10 Å². The van der Waals surface area contributed by atoms with Gasteiger partial charge in [-0.1, -0.05) is 30.3 Å². The Labute approximate surface area is 71.1 Å². The number of nitrogens with two attached hydrogens (primary N) is 1. The van der Waals surface area contributed by atoms with Crippen molar-refractivity contribution in [1.29, 1.82) is 0 Å². The van der Waals surface area contributed by atoms with Gasteiger partial charge in [0, 0.05) is 0 Å². The van der Waals surface area contributed by atoms with Crippen LogP contribution in [0.15, 0.2) is 30.3 Å². The normalized spacial score (nSPS) is 12.4. The lowest BCUT2D eigenvalue weighted by molar-refractivity contribution is -0.126. The van der Waals surface area contributed by atoms with Crippen LogP contribution in [-0.4, -0.2) is 5.91 Å². The van der Waals surface area contributed by atoms with Gasteiger partial charge in [-0.05, 0) is 5.56 Å². The van der Waals surface area contributed by atoms with Gasteiger partial charge in [0.1, 0.15) is 0 Å². The molecule has 3 heteroatoms. The first kappa shape index (κ1) is 8.74. The minimum absolute atomic E-state index is 0.531. The Morgan fingerprint density at radius 2 is 2.00 bits per heavy atom. The molecule has 0 saturated heterocycles. The molecule has 1 atom stereocenters. The van der Waals surface area contributed by atoms with Gasteiger partial charge in [0.15, 0.2) is 6.10 Å². The molecule has 0 fully saturated rings. The van der Waals surface area contributed by atoms with Crippen molar-refractivity contribution in [2.24, 2.45) is 5.73 Å². The molecule has 0 heterocycles. The second-order valence-electron chi connectivity index (χ2n) is 2.36. The molecule has 1 aromatic rings. The Morgan fingerprint density at radius 3 is 2.42 bits per heavy atom. The molecule has 1 aromatic carbocycles. The third-order valence-electron chi connectivity index (χ3n) is 1.53. The minimum Gasteiger partial charge on any atom is -0.367 e. The summed E-state index contributed by atoms with van der Waals surface area (Å²) in [5.74, 6) is -0.531. The summed E-state index contributed by atoms with van der Waals surface area (Å²) >= 11 is 0. The number of rotatable bonds is 3. The highest BCUT2D eigenvalue weighted by atomic mass is 16.5. The molecule has 0 spiro atoms. The van der Waals surface area contributed by atoms with Crippen LogP contribution in [0.1, 0.15) is 11.7 Å². The summed E-state index contributed by atoms with van der Waals surface area (Å²) in [6, 6.07) is 9.00. The van der Waals surface area contributed by atoms with E-state index in [2.05, 4.69) is 11.8 Å². The highest BCUT2D eigenvalue weighted by Crippen LogP contribution is 2.15. The molecule has 1 rings (SSSR count). The first-order valence-corrected chi connectivity index (χ1v) is 3.51. The van der Waals surface area contributed by atoms with E-state index in [9.17, 15) is 4.79 Å². The van der Waals surface area contributed by atoms with Crippen LogP contribution in [0.4, 0.5) is 0 Å². The minimum atomic E-state index is -0.744. The molecular formula is C9H10NO2. The van der Waals surface area contributed by atoms with Crippen LogP contribution >= 0.6 is 0 Å². The van der Waals surface area contributed by atoms with Crippen LogP contribution < -0.4 is 5.73 Å². The molecule has 0 aliphatic rings. The van der Waals surface area contributed by atoms with Crippen molar-refractivity contribution in [3.05, 3.63) is 43.0 Å². The van der Waals surface area contributed by atoms with Crippen LogP contribution in [-0.2, 0) is 9.53 Å². The first-order valence-electron chi connectivity index (χ1n) is 3.51. The van der Waals surface area contributed by atoms with Crippen LogP contribution in [0, 0.1) is 7.11 Å². The molecule has 12 heavy (non-hydrogen) atoms. The topological polar surface area (TPSA) is 52.3 Å². The van der Waals surface area contributed by atoms with E-state index in [1.807, 2.05) is 18.2 Å². The maximum atomic E-state index is 10.8. The predicted octanol–water partition coefficient (Wildman–Crippen LogP) is 1.02. The monoisotopic (exact) mass is 164 g/mol. The highest BCUT2D eigenvalue weighted by Gasteiger charge is 2.15. The van der Waals surface area contributed by atoms with E-state index in [1.54, 1.807) is 12.1 Å². The van der Waals surface area contributed by atoms with Crippen molar-refractivity contribution < 1.29 is 9.53 Å². The van der Waals surface area contributed by atoms with E-state index in [0.29, 0.717) is 0 Å². The third kappa shape index (κ3) is 1.83. The summed E-state index contributed by atoms with van der Waals surface area (Å²) in [5.41, 5.74) is 5.80. The largest absolute Gasteiger partial charge is 0.367 e. The zero-order valence-electron chi connectivity index (χ0n) is 6.57. The number of carbonyl (C=O) groups is 1. The molecule has 63 valence electrons. The van der Waals surface area contributed by atoms with Crippen molar-refractivity contribution in [2.75, 3.05) is 0 Å². The Kier molecular flexibility index (Phi) is 2.82. The van der Waals surface area contributed by atoms with Gasteiger partial charge in [0.25, 0.3) is 5.91 Å². The van der Waals surface area contributed by atoms with E-state index in [0.717, 1.165) is 5.56 Å².